The summed E-state index contributed by atoms with van der Waals surface area (Å²) in [7, 11) is -2.52. The van der Waals surface area contributed by atoms with E-state index in [1.165, 1.54) is 38.4 Å². The predicted molar refractivity (Wildman–Crippen MR) is 110 cm³/mol. The molecule has 156 valence electrons. The SMILES string of the molecule is Cc1cc(C#N)cnc1/C(F)=C/c1ccc(F)c([C@]2(C)CS(=O)(=O)N(C)C(N)=N2)c1. The molecule has 30 heavy (non-hydrogen) atoms. The van der Waals surface area contributed by atoms with E-state index in [4.69, 9.17) is 11.0 Å². The van der Waals surface area contributed by atoms with Gasteiger partial charge >= 0.3 is 0 Å². The number of aliphatic imine (C=N–C) groups is 1. The summed E-state index contributed by atoms with van der Waals surface area (Å²) in [6.45, 7) is 3.08. The maximum absolute atomic E-state index is 14.8. The highest BCUT2D eigenvalue weighted by atomic mass is 32.2. The van der Waals surface area contributed by atoms with E-state index in [1.54, 1.807) is 6.92 Å². The van der Waals surface area contributed by atoms with Gasteiger partial charge in [-0.2, -0.15) is 5.26 Å². The monoisotopic (exact) mass is 431 g/mol. The first kappa shape index (κ1) is 21.4. The van der Waals surface area contributed by atoms with E-state index in [0.717, 1.165) is 16.4 Å². The van der Waals surface area contributed by atoms with Gasteiger partial charge in [-0.3, -0.25) is 4.98 Å². The molecule has 0 saturated heterocycles. The molecule has 1 aromatic carbocycles. The van der Waals surface area contributed by atoms with Crippen LogP contribution >= 0.6 is 0 Å². The molecule has 1 atom stereocenters. The largest absolute Gasteiger partial charge is 0.369 e. The highest BCUT2D eigenvalue weighted by molar-refractivity contribution is 7.89. The molecule has 1 aliphatic rings. The van der Waals surface area contributed by atoms with Crippen molar-refractivity contribution in [2.45, 2.75) is 19.4 Å². The maximum Gasteiger partial charge on any atom is 0.239 e. The minimum absolute atomic E-state index is 0.0202. The third kappa shape index (κ3) is 3.89. The number of guanidine groups is 1. The van der Waals surface area contributed by atoms with Crippen LogP contribution in [0.15, 0.2) is 35.5 Å². The molecule has 3 rings (SSSR count). The van der Waals surface area contributed by atoms with E-state index < -0.39 is 33.0 Å². The van der Waals surface area contributed by atoms with Crippen molar-refractivity contribution in [1.82, 2.24) is 9.29 Å². The van der Waals surface area contributed by atoms with Gasteiger partial charge in [-0.1, -0.05) is 6.07 Å². The van der Waals surface area contributed by atoms with E-state index >= 15 is 0 Å². The third-order valence-corrected chi connectivity index (χ3v) is 6.81. The molecular formula is C20H19F2N5O2S. The number of sulfonamides is 1. The van der Waals surface area contributed by atoms with Crippen LogP contribution in [-0.2, 0) is 15.6 Å². The molecule has 0 fully saturated rings. The fourth-order valence-electron chi connectivity index (χ4n) is 3.23. The first-order valence-corrected chi connectivity index (χ1v) is 10.4. The van der Waals surface area contributed by atoms with Crippen LogP contribution in [0.4, 0.5) is 8.78 Å². The van der Waals surface area contributed by atoms with Gasteiger partial charge in [0.25, 0.3) is 0 Å². The quantitative estimate of drug-likeness (QED) is 0.803. The molecule has 10 heteroatoms. The molecule has 0 aliphatic carbocycles. The van der Waals surface area contributed by atoms with Crippen molar-refractivity contribution < 1.29 is 17.2 Å². The lowest BCUT2D eigenvalue weighted by Gasteiger charge is -2.34. The molecule has 0 radical (unpaired) electrons. The molecule has 1 aliphatic heterocycles. The summed E-state index contributed by atoms with van der Waals surface area (Å²) in [4.78, 5) is 8.14. The van der Waals surface area contributed by atoms with Gasteiger partial charge in [0.15, 0.2) is 0 Å². The minimum atomic E-state index is -3.79. The van der Waals surface area contributed by atoms with Gasteiger partial charge in [0.2, 0.25) is 16.0 Å². The Morgan fingerprint density at radius 3 is 2.70 bits per heavy atom. The van der Waals surface area contributed by atoms with E-state index in [9.17, 15) is 17.2 Å². The van der Waals surface area contributed by atoms with Crippen molar-refractivity contribution >= 4 is 27.9 Å². The smallest absolute Gasteiger partial charge is 0.239 e. The van der Waals surface area contributed by atoms with Crippen LogP contribution < -0.4 is 5.73 Å². The maximum atomic E-state index is 14.8. The molecular weight excluding hydrogens is 412 g/mol. The molecule has 1 aromatic heterocycles. The van der Waals surface area contributed by atoms with Crippen LogP contribution in [0.25, 0.3) is 11.9 Å². The van der Waals surface area contributed by atoms with E-state index in [2.05, 4.69) is 9.98 Å². The number of aromatic nitrogens is 1. The number of nitrogens with two attached hydrogens (primary N) is 1. The number of hydrogen-bond donors (Lipinski definition) is 1. The summed E-state index contributed by atoms with van der Waals surface area (Å²) in [6.07, 6.45) is 2.41. The standard InChI is InChI=1S/C20H19F2N5O2S/c1-12-6-14(9-23)10-25-18(12)17(22)8-13-4-5-16(21)15(7-13)20(2)11-30(28,29)27(3)19(24)26-20/h4-8,10H,11H2,1-3H3,(H2,24,26)/b17-8-/t20-/m0/s1. The zero-order valence-corrected chi connectivity index (χ0v) is 17.3. The van der Waals surface area contributed by atoms with Crippen molar-refractivity contribution in [2.24, 2.45) is 10.7 Å². The topological polar surface area (TPSA) is 112 Å². The summed E-state index contributed by atoms with van der Waals surface area (Å²) in [5.41, 5.74) is 5.35. The molecule has 0 saturated carbocycles. The summed E-state index contributed by atoms with van der Waals surface area (Å²) in [5, 5.41) is 8.90. The van der Waals surface area contributed by atoms with Crippen LogP contribution in [0.5, 0.6) is 0 Å². The van der Waals surface area contributed by atoms with E-state index in [0.29, 0.717) is 16.7 Å². The van der Waals surface area contributed by atoms with Crippen LogP contribution in [0.2, 0.25) is 0 Å². The normalized spacial score (nSPS) is 21.1. The number of nitrogens with zero attached hydrogens (tertiary/aromatic N) is 4. The molecule has 2 aromatic rings. The second-order valence-corrected chi connectivity index (χ2v) is 9.20. The summed E-state index contributed by atoms with van der Waals surface area (Å²) in [5.74, 6) is -2.11. The number of benzene rings is 1. The number of pyridine rings is 1. The molecule has 0 spiro atoms. The number of halogens is 2. The third-order valence-electron chi connectivity index (χ3n) is 4.86. The van der Waals surface area contributed by atoms with Crippen molar-refractivity contribution in [3.05, 3.63) is 64.2 Å². The minimum Gasteiger partial charge on any atom is -0.369 e. The Kier molecular flexibility index (Phi) is 5.34. The lowest BCUT2D eigenvalue weighted by atomic mass is 9.92. The second kappa shape index (κ2) is 7.50. The molecule has 0 amide bonds. The average molecular weight is 431 g/mol. The van der Waals surface area contributed by atoms with Crippen molar-refractivity contribution in [3.8, 4) is 6.07 Å². The van der Waals surface area contributed by atoms with Gasteiger partial charge in [-0.05, 0) is 49.2 Å². The highest BCUT2D eigenvalue weighted by Gasteiger charge is 2.41. The number of aryl methyl sites for hydroxylation is 1. The van der Waals surface area contributed by atoms with Gasteiger partial charge in [-0.25, -0.2) is 26.5 Å². The number of hydrogen-bond acceptors (Lipinski definition) is 6. The zero-order valence-electron chi connectivity index (χ0n) is 16.5. The Balaban J connectivity index is 2.06. The molecule has 0 unspecified atom stereocenters. The van der Waals surface area contributed by atoms with Crippen molar-refractivity contribution in [1.29, 1.82) is 5.26 Å². The molecule has 2 heterocycles. The predicted octanol–water partition coefficient (Wildman–Crippen LogP) is 2.67. The summed E-state index contributed by atoms with van der Waals surface area (Å²) < 4.78 is 55.0. The van der Waals surface area contributed by atoms with Crippen LogP contribution in [0.1, 0.15) is 34.9 Å². The Morgan fingerprint density at radius 1 is 1.40 bits per heavy atom. The molecule has 7 nitrogen and oxygen atoms in total. The zero-order chi connectivity index (χ0) is 22.3. The van der Waals surface area contributed by atoms with Gasteiger partial charge in [-0.15, -0.1) is 0 Å². The second-order valence-electron chi connectivity index (χ2n) is 7.20. The van der Waals surface area contributed by atoms with Gasteiger partial charge < -0.3 is 5.73 Å². The van der Waals surface area contributed by atoms with Gasteiger partial charge in [0, 0.05) is 18.8 Å². The van der Waals surface area contributed by atoms with Crippen LogP contribution in [0.3, 0.4) is 0 Å². The van der Waals surface area contributed by atoms with E-state index in [1.807, 2.05) is 6.07 Å². The van der Waals surface area contributed by atoms with Crippen LogP contribution in [0, 0.1) is 24.1 Å². The van der Waals surface area contributed by atoms with Crippen LogP contribution in [-0.4, -0.2) is 36.5 Å². The highest BCUT2D eigenvalue weighted by Crippen LogP contribution is 2.34. The van der Waals surface area contributed by atoms with Gasteiger partial charge in [0.05, 0.1) is 11.3 Å². The first-order chi connectivity index (χ1) is 14.0. The van der Waals surface area contributed by atoms with Gasteiger partial charge in [0.1, 0.15) is 28.9 Å². The molecule has 2 N–H and O–H groups in total. The van der Waals surface area contributed by atoms with Crippen molar-refractivity contribution in [3.63, 3.8) is 0 Å². The number of rotatable bonds is 3. The lowest BCUT2D eigenvalue weighted by Crippen LogP contribution is -2.50. The number of nitriles is 1. The van der Waals surface area contributed by atoms with Crippen molar-refractivity contribution in [2.75, 3.05) is 12.8 Å². The lowest BCUT2D eigenvalue weighted by molar-refractivity contribution is 0.458. The first-order valence-electron chi connectivity index (χ1n) is 8.83. The fourth-order valence-corrected chi connectivity index (χ4v) is 4.68. The Morgan fingerprint density at radius 2 is 2.10 bits per heavy atom. The Labute approximate surface area is 173 Å². The average Bonchev–Trinajstić information content (AvgIpc) is 2.66. The summed E-state index contributed by atoms with van der Waals surface area (Å²) in [6, 6.07) is 7.26. The fraction of sp³-hybridized carbons (Fsp3) is 0.250. The Bertz CT molecular complexity index is 1230. The molecule has 0 bridgehead atoms. The summed E-state index contributed by atoms with van der Waals surface area (Å²) >= 11 is 0. The van der Waals surface area contributed by atoms with E-state index in [-0.39, 0.29) is 17.2 Å². The Hall–Kier alpha value is -3.32.